The van der Waals surface area contributed by atoms with Crippen LogP contribution < -0.4 is 14.2 Å². The molecule has 0 bridgehead atoms. The number of fused-ring (bicyclic) bond motifs is 1. The quantitative estimate of drug-likeness (QED) is 0.410. The molecule has 11 nitrogen and oxygen atoms in total. The van der Waals surface area contributed by atoms with Crippen molar-refractivity contribution < 1.29 is 28.5 Å². The molecule has 5 rings (SSSR count). The highest BCUT2D eigenvalue weighted by molar-refractivity contribution is 7.17. The third-order valence-electron chi connectivity index (χ3n) is 6.09. The Kier molecular flexibility index (Phi) is 6.22. The SMILES string of the molecule is COc1cc([C@@H](c2sc3ncnn3c2O)N2CCN(C(=O)c3ccco3)CC2)cc(OC)c1OC. The number of piperazine rings is 1. The van der Waals surface area contributed by atoms with E-state index in [-0.39, 0.29) is 17.8 Å². The molecule has 184 valence electrons. The molecule has 1 atom stereocenters. The number of hydrogen-bond acceptors (Lipinski definition) is 10. The van der Waals surface area contributed by atoms with Gasteiger partial charge in [-0.05, 0) is 29.8 Å². The second kappa shape index (κ2) is 9.47. The third-order valence-corrected chi connectivity index (χ3v) is 7.18. The van der Waals surface area contributed by atoms with Gasteiger partial charge in [0.2, 0.25) is 16.6 Å². The normalized spacial score (nSPS) is 15.3. The van der Waals surface area contributed by atoms with Crippen molar-refractivity contribution in [1.29, 1.82) is 0 Å². The fraction of sp³-hybridized carbons (Fsp3) is 0.348. The highest BCUT2D eigenvalue weighted by atomic mass is 32.1. The lowest BCUT2D eigenvalue weighted by Gasteiger charge is -2.39. The van der Waals surface area contributed by atoms with Gasteiger partial charge in [-0.1, -0.05) is 11.3 Å². The molecule has 0 spiro atoms. The average Bonchev–Trinajstić information content (AvgIpc) is 3.64. The van der Waals surface area contributed by atoms with Gasteiger partial charge in [0.05, 0.1) is 38.5 Å². The Hall–Kier alpha value is -3.77. The molecule has 4 aromatic rings. The first-order chi connectivity index (χ1) is 17.0. The molecule has 0 unspecified atom stereocenters. The predicted octanol–water partition coefficient (Wildman–Crippen LogP) is 2.66. The smallest absolute Gasteiger partial charge is 0.289 e. The van der Waals surface area contributed by atoms with E-state index in [4.69, 9.17) is 18.6 Å². The molecule has 1 aliphatic heterocycles. The lowest BCUT2D eigenvalue weighted by molar-refractivity contribution is 0.0567. The average molecular weight is 500 g/mol. The Morgan fingerprint density at radius 3 is 2.40 bits per heavy atom. The van der Waals surface area contributed by atoms with Crippen molar-refractivity contribution in [2.24, 2.45) is 0 Å². The van der Waals surface area contributed by atoms with Crippen LogP contribution in [0, 0.1) is 0 Å². The number of amides is 1. The topological polar surface area (TPSA) is 115 Å². The van der Waals surface area contributed by atoms with E-state index in [0.717, 1.165) is 5.56 Å². The molecule has 1 saturated heterocycles. The van der Waals surface area contributed by atoms with Gasteiger partial charge in [-0.3, -0.25) is 9.69 Å². The Morgan fingerprint density at radius 2 is 1.83 bits per heavy atom. The number of carbonyl (C=O) groups excluding carboxylic acids is 1. The van der Waals surface area contributed by atoms with Gasteiger partial charge >= 0.3 is 0 Å². The summed E-state index contributed by atoms with van der Waals surface area (Å²) in [6, 6.07) is 6.76. The summed E-state index contributed by atoms with van der Waals surface area (Å²) in [5.74, 6) is 1.71. The molecule has 4 heterocycles. The third kappa shape index (κ3) is 4.04. The zero-order valence-electron chi connectivity index (χ0n) is 19.5. The van der Waals surface area contributed by atoms with Gasteiger partial charge in [0.15, 0.2) is 17.3 Å². The number of nitrogens with zero attached hydrogens (tertiary/aromatic N) is 5. The van der Waals surface area contributed by atoms with Crippen molar-refractivity contribution in [3.63, 3.8) is 0 Å². The van der Waals surface area contributed by atoms with Crippen molar-refractivity contribution in [1.82, 2.24) is 24.4 Å². The minimum Gasteiger partial charge on any atom is -0.493 e. The van der Waals surface area contributed by atoms with Crippen molar-refractivity contribution in [3.05, 3.63) is 53.1 Å². The number of aromatic hydroxyl groups is 1. The van der Waals surface area contributed by atoms with Crippen LogP contribution in [0.3, 0.4) is 0 Å². The molecule has 0 saturated carbocycles. The standard InChI is InChI=1S/C23H25N5O6S/c1-31-16-11-14(12-17(32-2)19(16)33-3)18(20-22(30)28-23(35-20)24-13-25-28)26-6-8-27(9-7-26)21(29)15-5-4-10-34-15/h4-5,10-13,18,30H,6-9H2,1-3H3/t18-/m0/s1. The van der Waals surface area contributed by atoms with Gasteiger partial charge in [-0.15, -0.1) is 0 Å². The molecule has 35 heavy (non-hydrogen) atoms. The number of rotatable bonds is 7. The maximum absolute atomic E-state index is 12.8. The van der Waals surface area contributed by atoms with Crippen LogP contribution >= 0.6 is 11.3 Å². The molecule has 0 aliphatic carbocycles. The van der Waals surface area contributed by atoms with Crippen LogP contribution in [0.5, 0.6) is 23.1 Å². The van der Waals surface area contributed by atoms with Gasteiger partial charge in [0.25, 0.3) is 5.91 Å². The second-order valence-corrected chi connectivity index (χ2v) is 8.92. The Morgan fingerprint density at radius 1 is 1.11 bits per heavy atom. The summed E-state index contributed by atoms with van der Waals surface area (Å²) in [5, 5.41) is 15.2. The number of thiazole rings is 1. The zero-order chi connectivity index (χ0) is 24.5. The summed E-state index contributed by atoms with van der Waals surface area (Å²) in [4.78, 5) is 22.2. The summed E-state index contributed by atoms with van der Waals surface area (Å²) < 4.78 is 23.4. The molecule has 12 heteroatoms. The monoisotopic (exact) mass is 499 g/mol. The van der Waals surface area contributed by atoms with Crippen LogP contribution in [0.2, 0.25) is 0 Å². The van der Waals surface area contributed by atoms with Crippen LogP contribution in [0.4, 0.5) is 0 Å². The van der Waals surface area contributed by atoms with E-state index in [1.807, 2.05) is 12.1 Å². The highest BCUT2D eigenvalue weighted by Gasteiger charge is 2.34. The maximum atomic E-state index is 12.8. The van der Waals surface area contributed by atoms with E-state index >= 15 is 0 Å². The maximum Gasteiger partial charge on any atom is 0.289 e. The minimum absolute atomic E-state index is 0.0235. The number of hydrogen-bond donors (Lipinski definition) is 1. The van der Waals surface area contributed by atoms with Crippen molar-refractivity contribution in [2.45, 2.75) is 6.04 Å². The van der Waals surface area contributed by atoms with Crippen molar-refractivity contribution >= 4 is 22.2 Å². The number of furan rings is 1. The zero-order valence-corrected chi connectivity index (χ0v) is 20.3. The number of carbonyl (C=O) groups is 1. The van der Waals surface area contributed by atoms with Crippen LogP contribution in [-0.4, -0.2) is 82.9 Å². The van der Waals surface area contributed by atoms with Crippen LogP contribution in [0.15, 0.2) is 41.3 Å². The first kappa shape index (κ1) is 23.0. The summed E-state index contributed by atoms with van der Waals surface area (Å²) >= 11 is 1.36. The van der Waals surface area contributed by atoms with E-state index in [1.54, 1.807) is 38.4 Å². The number of ether oxygens (including phenoxy) is 3. The van der Waals surface area contributed by atoms with E-state index < -0.39 is 0 Å². The van der Waals surface area contributed by atoms with Gasteiger partial charge in [-0.25, -0.2) is 4.98 Å². The van der Waals surface area contributed by atoms with Crippen molar-refractivity contribution in [3.8, 4) is 23.1 Å². The molecule has 1 fully saturated rings. The number of aromatic nitrogens is 3. The lowest BCUT2D eigenvalue weighted by atomic mass is 10.0. The molecule has 1 amide bonds. The second-order valence-electron chi connectivity index (χ2n) is 7.91. The Bertz CT molecular complexity index is 1300. The number of methoxy groups -OCH3 is 3. The fourth-order valence-corrected chi connectivity index (χ4v) is 5.49. The summed E-state index contributed by atoms with van der Waals surface area (Å²) in [6.45, 7) is 2.14. The minimum atomic E-state index is -0.363. The fourth-order valence-electron chi connectivity index (χ4n) is 4.40. The molecule has 1 aromatic carbocycles. The van der Waals surface area contributed by atoms with Gasteiger partial charge in [-0.2, -0.15) is 9.61 Å². The lowest BCUT2D eigenvalue weighted by Crippen LogP contribution is -2.49. The largest absolute Gasteiger partial charge is 0.493 e. The van der Waals surface area contributed by atoms with Crippen LogP contribution in [0.1, 0.15) is 27.0 Å². The molecule has 0 radical (unpaired) electrons. The van der Waals surface area contributed by atoms with Crippen LogP contribution in [-0.2, 0) is 0 Å². The molecule has 1 aliphatic rings. The van der Waals surface area contributed by atoms with E-state index in [2.05, 4.69) is 15.0 Å². The van der Waals surface area contributed by atoms with Crippen molar-refractivity contribution in [2.75, 3.05) is 47.5 Å². The summed E-state index contributed by atoms with van der Waals surface area (Å²) in [7, 11) is 4.68. The van der Waals surface area contributed by atoms with E-state index in [0.29, 0.717) is 59.0 Å². The molecule has 1 N–H and O–H groups in total. The van der Waals surface area contributed by atoms with Gasteiger partial charge < -0.3 is 28.6 Å². The summed E-state index contributed by atoms with van der Waals surface area (Å²) in [6.07, 6.45) is 2.90. The first-order valence-corrected chi connectivity index (χ1v) is 11.8. The Labute approximate surface area is 205 Å². The Balaban J connectivity index is 1.52. The predicted molar refractivity (Wildman–Crippen MR) is 127 cm³/mol. The van der Waals surface area contributed by atoms with E-state index in [9.17, 15) is 9.90 Å². The molecular formula is C23H25N5O6S. The number of benzene rings is 1. The van der Waals surface area contributed by atoms with Gasteiger partial charge in [0, 0.05) is 26.2 Å². The molecule has 3 aromatic heterocycles. The molecular weight excluding hydrogens is 474 g/mol. The van der Waals surface area contributed by atoms with E-state index in [1.165, 1.54) is 28.4 Å². The first-order valence-electron chi connectivity index (χ1n) is 10.9. The van der Waals surface area contributed by atoms with Gasteiger partial charge in [0.1, 0.15) is 6.33 Å². The summed E-state index contributed by atoms with van der Waals surface area (Å²) in [5.41, 5.74) is 0.838. The highest BCUT2D eigenvalue weighted by Crippen LogP contribution is 2.45. The van der Waals surface area contributed by atoms with Crippen LogP contribution in [0.25, 0.3) is 4.96 Å².